The number of nitrogens with one attached hydrogen (secondary N) is 2. The number of imidazole rings is 1. The van der Waals surface area contributed by atoms with Gasteiger partial charge in [0, 0.05) is 6.42 Å². The maximum atomic E-state index is 12.1. The van der Waals surface area contributed by atoms with Gasteiger partial charge in [0.15, 0.2) is 10.8 Å². The molecular formula is C10H12BrN5O2S. The largest absolute Gasteiger partial charge is 0.397 e. The van der Waals surface area contributed by atoms with Gasteiger partial charge in [0.25, 0.3) is 10.0 Å². The fourth-order valence-corrected chi connectivity index (χ4v) is 2.94. The van der Waals surface area contributed by atoms with Gasteiger partial charge in [-0.2, -0.15) is 8.42 Å². The summed E-state index contributed by atoms with van der Waals surface area (Å²) in [5.74, 6) is 0.770. The Morgan fingerprint density at radius 2 is 2.16 bits per heavy atom. The van der Waals surface area contributed by atoms with Gasteiger partial charge < -0.3 is 10.7 Å². The van der Waals surface area contributed by atoms with Crippen LogP contribution in [0.2, 0.25) is 0 Å². The Labute approximate surface area is 118 Å². The third kappa shape index (κ3) is 3.04. The molecule has 0 amide bonds. The van der Waals surface area contributed by atoms with Crippen molar-refractivity contribution in [1.29, 1.82) is 0 Å². The van der Waals surface area contributed by atoms with Crippen molar-refractivity contribution in [3.05, 3.63) is 28.8 Å². The molecule has 0 fully saturated rings. The third-order valence-corrected chi connectivity index (χ3v) is 4.18. The fourth-order valence-electron chi connectivity index (χ4n) is 1.37. The SMILES string of the molecule is CCc1ncc(S(=O)(=O)Nc2ncc(N)cc2Br)[nH]1. The number of nitrogens with zero attached hydrogens (tertiary/aromatic N) is 2. The second kappa shape index (κ2) is 5.17. The van der Waals surface area contributed by atoms with E-state index in [0.29, 0.717) is 22.4 Å². The zero-order valence-corrected chi connectivity index (χ0v) is 12.4. The smallest absolute Gasteiger partial charge is 0.280 e. The lowest BCUT2D eigenvalue weighted by Crippen LogP contribution is -2.15. The van der Waals surface area contributed by atoms with Gasteiger partial charge in [0.1, 0.15) is 5.82 Å². The maximum Gasteiger partial charge on any atom is 0.280 e. The van der Waals surface area contributed by atoms with Crippen molar-refractivity contribution in [2.45, 2.75) is 18.4 Å². The molecule has 0 aliphatic rings. The highest BCUT2D eigenvalue weighted by molar-refractivity contribution is 9.10. The van der Waals surface area contributed by atoms with Crippen LogP contribution in [-0.2, 0) is 16.4 Å². The normalized spacial score (nSPS) is 11.5. The maximum absolute atomic E-state index is 12.1. The molecule has 0 saturated carbocycles. The second-order valence-corrected chi connectivity index (χ2v) is 6.26. The lowest BCUT2D eigenvalue weighted by atomic mass is 10.4. The minimum Gasteiger partial charge on any atom is -0.397 e. The first-order chi connectivity index (χ1) is 8.92. The topological polar surface area (TPSA) is 114 Å². The molecule has 0 aromatic carbocycles. The zero-order valence-electron chi connectivity index (χ0n) is 10.0. The molecule has 7 nitrogen and oxygen atoms in total. The molecule has 0 atom stereocenters. The number of nitrogen functional groups attached to an aromatic ring is 1. The van der Waals surface area contributed by atoms with E-state index >= 15 is 0 Å². The molecule has 0 radical (unpaired) electrons. The van der Waals surface area contributed by atoms with Crippen molar-refractivity contribution in [1.82, 2.24) is 15.0 Å². The molecule has 0 unspecified atom stereocenters. The summed E-state index contributed by atoms with van der Waals surface area (Å²) in [6.07, 6.45) is 3.26. The van der Waals surface area contributed by atoms with Crippen LogP contribution in [-0.4, -0.2) is 23.4 Å². The highest BCUT2D eigenvalue weighted by Crippen LogP contribution is 2.24. The number of hydrogen-bond acceptors (Lipinski definition) is 5. The number of nitrogens with two attached hydrogens (primary N) is 1. The fraction of sp³-hybridized carbons (Fsp3) is 0.200. The summed E-state index contributed by atoms with van der Waals surface area (Å²) < 4.78 is 27.0. The first-order valence-electron chi connectivity index (χ1n) is 5.40. The molecule has 0 bridgehead atoms. The number of halogens is 1. The minimum absolute atomic E-state index is 0.00475. The number of aromatic amines is 1. The van der Waals surface area contributed by atoms with Gasteiger partial charge in [-0.3, -0.25) is 4.72 Å². The first kappa shape index (κ1) is 13.8. The highest BCUT2D eigenvalue weighted by atomic mass is 79.9. The molecule has 4 N–H and O–H groups in total. The van der Waals surface area contributed by atoms with Crippen LogP contribution in [0.1, 0.15) is 12.7 Å². The van der Waals surface area contributed by atoms with Gasteiger partial charge in [0.2, 0.25) is 0 Å². The molecule has 2 aromatic rings. The molecular weight excluding hydrogens is 334 g/mol. The summed E-state index contributed by atoms with van der Waals surface area (Å²) in [7, 11) is -3.74. The predicted molar refractivity (Wildman–Crippen MR) is 75.1 cm³/mol. The summed E-state index contributed by atoms with van der Waals surface area (Å²) in [6.45, 7) is 1.88. The van der Waals surface area contributed by atoms with Crippen LogP contribution in [0.4, 0.5) is 11.5 Å². The van der Waals surface area contributed by atoms with E-state index in [-0.39, 0.29) is 10.8 Å². The van der Waals surface area contributed by atoms with E-state index in [0.717, 1.165) is 0 Å². The van der Waals surface area contributed by atoms with E-state index in [1.54, 1.807) is 6.07 Å². The van der Waals surface area contributed by atoms with Gasteiger partial charge in [-0.25, -0.2) is 9.97 Å². The molecule has 0 saturated heterocycles. The number of anilines is 2. The van der Waals surface area contributed by atoms with E-state index in [2.05, 4.69) is 35.6 Å². The average molecular weight is 346 g/mol. The summed E-state index contributed by atoms with van der Waals surface area (Å²) in [5.41, 5.74) is 5.97. The molecule has 2 aromatic heterocycles. The molecule has 2 heterocycles. The molecule has 0 spiro atoms. The summed E-state index contributed by atoms with van der Waals surface area (Å²) in [5, 5.41) is -0.00475. The Kier molecular flexibility index (Phi) is 3.76. The van der Waals surface area contributed by atoms with Crippen LogP contribution in [0.25, 0.3) is 0 Å². The number of sulfonamides is 1. The lowest BCUT2D eigenvalue weighted by molar-refractivity contribution is 0.597. The number of aromatic nitrogens is 3. The molecule has 19 heavy (non-hydrogen) atoms. The van der Waals surface area contributed by atoms with E-state index in [1.807, 2.05) is 6.92 Å². The van der Waals surface area contributed by atoms with Crippen molar-refractivity contribution >= 4 is 37.5 Å². The van der Waals surface area contributed by atoms with Crippen LogP contribution in [0.5, 0.6) is 0 Å². The molecule has 0 aliphatic heterocycles. The molecule has 9 heteroatoms. The number of pyridine rings is 1. The monoisotopic (exact) mass is 345 g/mol. The molecule has 0 aliphatic carbocycles. The number of hydrogen-bond donors (Lipinski definition) is 3. The minimum atomic E-state index is -3.74. The van der Waals surface area contributed by atoms with Crippen molar-refractivity contribution in [3.8, 4) is 0 Å². The van der Waals surface area contributed by atoms with Crippen molar-refractivity contribution in [3.63, 3.8) is 0 Å². The summed E-state index contributed by atoms with van der Waals surface area (Å²) in [4.78, 5) is 10.6. The van der Waals surface area contributed by atoms with Crippen LogP contribution in [0.15, 0.2) is 28.0 Å². The van der Waals surface area contributed by atoms with E-state index in [9.17, 15) is 8.42 Å². The molecule has 2 rings (SSSR count). The Morgan fingerprint density at radius 3 is 2.74 bits per heavy atom. The van der Waals surface area contributed by atoms with Gasteiger partial charge >= 0.3 is 0 Å². The highest BCUT2D eigenvalue weighted by Gasteiger charge is 2.19. The van der Waals surface area contributed by atoms with Gasteiger partial charge in [-0.1, -0.05) is 6.92 Å². The Balaban J connectivity index is 2.30. The number of rotatable bonds is 4. The van der Waals surface area contributed by atoms with Gasteiger partial charge in [-0.15, -0.1) is 0 Å². The Hall–Kier alpha value is -1.61. The quantitative estimate of drug-likeness (QED) is 0.777. The van der Waals surface area contributed by atoms with Crippen LogP contribution >= 0.6 is 15.9 Å². The van der Waals surface area contributed by atoms with Crippen LogP contribution < -0.4 is 10.5 Å². The number of aryl methyl sites for hydroxylation is 1. The van der Waals surface area contributed by atoms with E-state index in [1.165, 1.54) is 12.4 Å². The Morgan fingerprint density at radius 1 is 1.42 bits per heavy atom. The number of H-pyrrole nitrogens is 1. The predicted octanol–water partition coefficient (Wildman–Crippen LogP) is 1.51. The standard InChI is InChI=1S/C10H12BrN5O2S/c1-2-8-13-5-9(15-8)19(17,18)16-10-7(11)3-6(12)4-14-10/h3-5H,2,12H2,1H3,(H,13,15)(H,14,16). The van der Waals surface area contributed by atoms with Crippen LogP contribution in [0, 0.1) is 0 Å². The van der Waals surface area contributed by atoms with Gasteiger partial charge in [0.05, 0.1) is 22.6 Å². The average Bonchev–Trinajstić information content (AvgIpc) is 2.82. The third-order valence-electron chi connectivity index (χ3n) is 2.32. The Bertz CT molecular complexity index is 698. The first-order valence-corrected chi connectivity index (χ1v) is 7.67. The lowest BCUT2D eigenvalue weighted by Gasteiger charge is -2.07. The van der Waals surface area contributed by atoms with E-state index < -0.39 is 10.0 Å². The summed E-state index contributed by atoms with van der Waals surface area (Å²) in [6, 6.07) is 1.56. The van der Waals surface area contributed by atoms with Crippen LogP contribution in [0.3, 0.4) is 0 Å². The van der Waals surface area contributed by atoms with Crippen molar-refractivity contribution in [2.75, 3.05) is 10.5 Å². The van der Waals surface area contributed by atoms with Gasteiger partial charge in [-0.05, 0) is 22.0 Å². The zero-order chi connectivity index (χ0) is 14.0. The van der Waals surface area contributed by atoms with E-state index in [4.69, 9.17) is 5.73 Å². The van der Waals surface area contributed by atoms with Crippen molar-refractivity contribution < 1.29 is 8.42 Å². The molecule has 102 valence electrons. The second-order valence-electron chi connectivity index (χ2n) is 3.75. The van der Waals surface area contributed by atoms with Crippen molar-refractivity contribution in [2.24, 2.45) is 0 Å². The summed E-state index contributed by atoms with van der Waals surface area (Å²) >= 11 is 3.20.